The number of aromatic amines is 1. The normalized spacial score (nSPS) is 15.5. The minimum Gasteiger partial charge on any atom is -0.326 e. The molecule has 3 heterocycles. The van der Waals surface area contributed by atoms with Crippen LogP contribution in [0.5, 0.6) is 0 Å². The Morgan fingerprint density at radius 1 is 1.10 bits per heavy atom. The van der Waals surface area contributed by atoms with Gasteiger partial charge in [-0.3, -0.25) is 14.6 Å². The van der Waals surface area contributed by atoms with Crippen LogP contribution in [0.2, 0.25) is 0 Å². The molecule has 1 amide bonds. The first-order chi connectivity index (χ1) is 14.9. The van der Waals surface area contributed by atoms with E-state index in [2.05, 4.69) is 20.5 Å². The molecule has 160 valence electrons. The Balaban J connectivity index is 1.39. The van der Waals surface area contributed by atoms with Gasteiger partial charge in [0.2, 0.25) is 15.9 Å². The molecule has 0 saturated carbocycles. The highest BCUT2D eigenvalue weighted by molar-refractivity contribution is 7.89. The molecule has 1 aliphatic heterocycles. The molecule has 4 rings (SSSR count). The third-order valence-electron chi connectivity index (χ3n) is 5.20. The van der Waals surface area contributed by atoms with E-state index in [9.17, 15) is 18.0 Å². The van der Waals surface area contributed by atoms with Crippen LogP contribution in [-0.4, -0.2) is 46.9 Å². The molecule has 0 aliphatic carbocycles. The fourth-order valence-electron chi connectivity index (χ4n) is 3.51. The first-order valence-electron chi connectivity index (χ1n) is 9.81. The SMILES string of the molecule is O=C(Nc1cccc(-c2ccc(=O)[nH]n2)c1)C1CCN(S(=O)(=O)c2cccnc2)CC1. The molecule has 0 atom stereocenters. The average molecular weight is 439 g/mol. The van der Waals surface area contributed by atoms with Gasteiger partial charge >= 0.3 is 0 Å². The molecule has 2 N–H and O–H groups in total. The van der Waals surface area contributed by atoms with E-state index < -0.39 is 10.0 Å². The van der Waals surface area contributed by atoms with Gasteiger partial charge in [0, 0.05) is 48.7 Å². The zero-order chi connectivity index (χ0) is 21.8. The van der Waals surface area contributed by atoms with E-state index in [-0.39, 0.29) is 35.4 Å². The number of hydrogen-bond acceptors (Lipinski definition) is 6. The predicted molar refractivity (Wildman–Crippen MR) is 115 cm³/mol. The van der Waals surface area contributed by atoms with E-state index in [0.29, 0.717) is 24.2 Å². The summed E-state index contributed by atoms with van der Waals surface area (Å²) >= 11 is 0. The molecule has 2 aromatic heterocycles. The molecule has 10 heteroatoms. The van der Waals surface area contributed by atoms with Gasteiger partial charge in [0.05, 0.1) is 5.69 Å². The molecule has 0 spiro atoms. The van der Waals surface area contributed by atoms with Crippen molar-refractivity contribution in [3.05, 3.63) is 71.3 Å². The number of piperidine rings is 1. The topological polar surface area (TPSA) is 125 Å². The summed E-state index contributed by atoms with van der Waals surface area (Å²) in [5, 5.41) is 9.29. The van der Waals surface area contributed by atoms with Crippen molar-refractivity contribution in [1.29, 1.82) is 0 Å². The Morgan fingerprint density at radius 2 is 1.90 bits per heavy atom. The summed E-state index contributed by atoms with van der Waals surface area (Å²) in [4.78, 5) is 28.0. The highest BCUT2D eigenvalue weighted by atomic mass is 32.2. The third-order valence-corrected chi connectivity index (χ3v) is 7.08. The van der Waals surface area contributed by atoms with Crippen LogP contribution in [0.25, 0.3) is 11.3 Å². The largest absolute Gasteiger partial charge is 0.326 e. The van der Waals surface area contributed by atoms with E-state index in [0.717, 1.165) is 5.56 Å². The summed E-state index contributed by atoms with van der Waals surface area (Å²) in [6.07, 6.45) is 3.73. The predicted octanol–water partition coefficient (Wildman–Crippen LogP) is 1.87. The van der Waals surface area contributed by atoms with Crippen molar-refractivity contribution in [3.63, 3.8) is 0 Å². The van der Waals surface area contributed by atoms with Gasteiger partial charge in [-0.15, -0.1) is 0 Å². The van der Waals surface area contributed by atoms with Gasteiger partial charge in [0.1, 0.15) is 4.90 Å². The van der Waals surface area contributed by atoms with Crippen molar-refractivity contribution < 1.29 is 13.2 Å². The lowest BCUT2D eigenvalue weighted by molar-refractivity contribution is -0.120. The maximum Gasteiger partial charge on any atom is 0.264 e. The number of aromatic nitrogens is 3. The lowest BCUT2D eigenvalue weighted by Crippen LogP contribution is -2.41. The molecule has 0 bridgehead atoms. The number of sulfonamides is 1. The number of rotatable bonds is 5. The van der Waals surface area contributed by atoms with Crippen LogP contribution in [0.1, 0.15) is 12.8 Å². The van der Waals surface area contributed by atoms with Crippen LogP contribution in [-0.2, 0) is 14.8 Å². The number of carbonyl (C=O) groups excluding carboxylic acids is 1. The first-order valence-corrected chi connectivity index (χ1v) is 11.2. The molecular weight excluding hydrogens is 418 g/mol. The molecule has 1 aliphatic rings. The molecule has 0 unspecified atom stereocenters. The van der Waals surface area contributed by atoms with Gasteiger partial charge in [-0.1, -0.05) is 12.1 Å². The highest BCUT2D eigenvalue weighted by Crippen LogP contribution is 2.25. The number of benzene rings is 1. The molecule has 3 aromatic rings. The summed E-state index contributed by atoms with van der Waals surface area (Å²) in [7, 11) is -3.60. The minimum atomic E-state index is -3.60. The number of amides is 1. The van der Waals surface area contributed by atoms with Gasteiger partial charge in [-0.2, -0.15) is 9.40 Å². The second-order valence-corrected chi connectivity index (χ2v) is 9.18. The smallest absolute Gasteiger partial charge is 0.264 e. The average Bonchev–Trinajstić information content (AvgIpc) is 2.80. The van der Waals surface area contributed by atoms with Crippen molar-refractivity contribution in [2.75, 3.05) is 18.4 Å². The van der Waals surface area contributed by atoms with Gasteiger partial charge < -0.3 is 5.32 Å². The lowest BCUT2D eigenvalue weighted by atomic mass is 9.97. The van der Waals surface area contributed by atoms with Gasteiger partial charge in [-0.05, 0) is 43.2 Å². The molecule has 0 radical (unpaired) electrons. The van der Waals surface area contributed by atoms with Crippen LogP contribution >= 0.6 is 0 Å². The van der Waals surface area contributed by atoms with E-state index in [4.69, 9.17) is 0 Å². The maximum absolute atomic E-state index is 12.7. The molecule has 1 saturated heterocycles. The van der Waals surface area contributed by atoms with Crippen LogP contribution in [0.15, 0.2) is 70.6 Å². The molecule has 9 nitrogen and oxygen atoms in total. The number of nitrogens with one attached hydrogen (secondary N) is 2. The van der Waals surface area contributed by atoms with Crippen molar-refractivity contribution in [3.8, 4) is 11.3 Å². The Morgan fingerprint density at radius 3 is 2.58 bits per heavy atom. The van der Waals surface area contributed by atoms with E-state index in [1.807, 2.05) is 6.07 Å². The third kappa shape index (κ3) is 4.70. The van der Waals surface area contributed by atoms with Crippen molar-refractivity contribution in [2.45, 2.75) is 17.7 Å². The fourth-order valence-corrected chi connectivity index (χ4v) is 4.95. The molecular formula is C21H21N5O4S. The molecule has 1 aromatic carbocycles. The van der Waals surface area contributed by atoms with Crippen molar-refractivity contribution in [1.82, 2.24) is 19.5 Å². The second kappa shape index (κ2) is 8.78. The Hall–Kier alpha value is -3.37. The Kier molecular flexibility index (Phi) is 5.92. The number of nitrogens with zero attached hydrogens (tertiary/aromatic N) is 3. The summed E-state index contributed by atoms with van der Waals surface area (Å²) in [6.45, 7) is 0.549. The fraction of sp³-hybridized carbons (Fsp3) is 0.238. The van der Waals surface area contributed by atoms with Crippen molar-refractivity contribution >= 4 is 21.6 Å². The Labute approximate surface area is 179 Å². The maximum atomic E-state index is 12.7. The van der Waals surface area contributed by atoms with Crippen LogP contribution in [0.4, 0.5) is 5.69 Å². The van der Waals surface area contributed by atoms with E-state index >= 15 is 0 Å². The number of pyridine rings is 1. The number of carbonyl (C=O) groups is 1. The highest BCUT2D eigenvalue weighted by Gasteiger charge is 2.32. The minimum absolute atomic E-state index is 0.148. The molecule has 31 heavy (non-hydrogen) atoms. The summed E-state index contributed by atoms with van der Waals surface area (Å²) in [6, 6.07) is 13.3. The monoisotopic (exact) mass is 439 g/mol. The number of H-pyrrole nitrogens is 1. The van der Waals surface area contributed by atoms with Gasteiger partial charge in [-0.25, -0.2) is 13.5 Å². The summed E-state index contributed by atoms with van der Waals surface area (Å²) in [5.41, 5.74) is 1.67. The number of anilines is 1. The van der Waals surface area contributed by atoms with E-state index in [1.54, 1.807) is 30.3 Å². The summed E-state index contributed by atoms with van der Waals surface area (Å²) < 4.78 is 26.8. The van der Waals surface area contributed by atoms with Gasteiger partial charge in [0.15, 0.2) is 0 Å². The van der Waals surface area contributed by atoms with Gasteiger partial charge in [0.25, 0.3) is 5.56 Å². The quantitative estimate of drug-likeness (QED) is 0.625. The van der Waals surface area contributed by atoms with Crippen LogP contribution in [0.3, 0.4) is 0 Å². The standard InChI is InChI=1S/C21H21N5O4S/c27-20-7-6-19(24-25-20)16-3-1-4-17(13-16)23-21(28)15-8-11-26(12-9-15)31(29,30)18-5-2-10-22-14-18/h1-7,10,13-15H,8-9,11-12H2,(H,23,28)(H,25,27). The first kappa shape index (κ1) is 20.9. The second-order valence-electron chi connectivity index (χ2n) is 7.24. The van der Waals surface area contributed by atoms with Crippen LogP contribution in [0, 0.1) is 5.92 Å². The van der Waals surface area contributed by atoms with Crippen LogP contribution < -0.4 is 10.9 Å². The molecule has 1 fully saturated rings. The van der Waals surface area contributed by atoms with E-state index in [1.165, 1.54) is 28.8 Å². The Bertz CT molecular complexity index is 1220. The number of hydrogen-bond donors (Lipinski definition) is 2. The zero-order valence-corrected chi connectivity index (χ0v) is 17.4. The lowest BCUT2D eigenvalue weighted by Gasteiger charge is -2.30. The zero-order valence-electron chi connectivity index (χ0n) is 16.6. The van der Waals surface area contributed by atoms with Crippen molar-refractivity contribution in [2.24, 2.45) is 5.92 Å². The summed E-state index contributed by atoms with van der Waals surface area (Å²) in [5.74, 6) is -0.430.